The van der Waals surface area contributed by atoms with E-state index in [1.165, 1.54) is 19.3 Å². The van der Waals surface area contributed by atoms with E-state index in [2.05, 4.69) is 10.6 Å². The molecule has 1 aliphatic carbocycles. The van der Waals surface area contributed by atoms with Gasteiger partial charge in [0.25, 0.3) is 0 Å². The lowest BCUT2D eigenvalue weighted by Gasteiger charge is -2.33. The highest BCUT2D eigenvalue weighted by atomic mass is 35.5. The van der Waals surface area contributed by atoms with Gasteiger partial charge in [0, 0.05) is 28.7 Å². The third-order valence-electron chi connectivity index (χ3n) is 4.88. The van der Waals surface area contributed by atoms with Crippen LogP contribution in [0.3, 0.4) is 0 Å². The zero-order valence-corrected chi connectivity index (χ0v) is 15.5. The second-order valence-corrected chi connectivity index (χ2v) is 7.06. The summed E-state index contributed by atoms with van der Waals surface area (Å²) in [4.78, 5) is 0. The summed E-state index contributed by atoms with van der Waals surface area (Å²) in [6.45, 7) is 3.58. The Kier molecular flexibility index (Phi) is 7.93. The Morgan fingerprint density at radius 3 is 2.70 bits per heavy atom. The molecule has 1 aliphatic heterocycles. The van der Waals surface area contributed by atoms with E-state index in [9.17, 15) is 0 Å². The Hall–Kier alpha value is -0.0300. The van der Waals surface area contributed by atoms with Crippen LogP contribution in [0.15, 0.2) is 18.2 Å². The van der Waals surface area contributed by atoms with Crippen LogP contribution in [0.2, 0.25) is 10.0 Å². The normalized spacial score (nSPS) is 27.7. The molecule has 23 heavy (non-hydrogen) atoms. The Morgan fingerprint density at radius 2 is 2.00 bits per heavy atom. The van der Waals surface area contributed by atoms with E-state index in [-0.39, 0.29) is 12.4 Å². The number of hydrogen-bond acceptors (Lipinski definition) is 3. The van der Waals surface area contributed by atoms with Crippen molar-refractivity contribution in [1.29, 1.82) is 0 Å². The molecule has 0 spiro atoms. The fourth-order valence-corrected chi connectivity index (χ4v) is 4.32. The summed E-state index contributed by atoms with van der Waals surface area (Å²) < 4.78 is 5.62. The van der Waals surface area contributed by atoms with Crippen LogP contribution in [0.4, 0.5) is 0 Å². The van der Waals surface area contributed by atoms with Crippen molar-refractivity contribution in [2.24, 2.45) is 5.92 Å². The molecule has 2 N–H and O–H groups in total. The summed E-state index contributed by atoms with van der Waals surface area (Å²) in [5.74, 6) is 0.669. The first kappa shape index (κ1) is 19.3. The predicted octanol–water partition coefficient (Wildman–Crippen LogP) is 3.70. The molecule has 130 valence electrons. The maximum absolute atomic E-state index is 6.24. The second-order valence-electron chi connectivity index (χ2n) is 6.24. The van der Waals surface area contributed by atoms with Crippen molar-refractivity contribution in [2.45, 2.75) is 37.8 Å². The smallest absolute Gasteiger partial charge is 0.0623 e. The van der Waals surface area contributed by atoms with Crippen molar-refractivity contribution >= 4 is 35.6 Å². The van der Waals surface area contributed by atoms with Gasteiger partial charge in [0.2, 0.25) is 0 Å². The number of benzene rings is 1. The van der Waals surface area contributed by atoms with E-state index < -0.39 is 0 Å². The van der Waals surface area contributed by atoms with Gasteiger partial charge >= 0.3 is 0 Å². The van der Waals surface area contributed by atoms with E-state index in [4.69, 9.17) is 27.9 Å². The molecule has 3 nitrogen and oxygen atoms in total. The summed E-state index contributed by atoms with van der Waals surface area (Å²) in [5, 5.41) is 8.86. The zero-order chi connectivity index (χ0) is 15.4. The molecule has 0 aromatic heterocycles. The maximum Gasteiger partial charge on any atom is 0.0623 e. The minimum absolute atomic E-state index is 0. The van der Waals surface area contributed by atoms with E-state index in [1.54, 1.807) is 0 Å². The summed E-state index contributed by atoms with van der Waals surface area (Å²) in [5.41, 5.74) is 1.05. The number of ether oxygens (including phenoxy) is 1. The number of rotatable bonds is 5. The first-order valence-electron chi connectivity index (χ1n) is 8.23. The fourth-order valence-electron chi connectivity index (χ4n) is 3.74. The quantitative estimate of drug-likeness (QED) is 0.818. The standard InChI is InChI=1S/C17H24Cl2N2O.ClH/c18-14-4-2-5-15(19)12(14)7-8-20-16-6-1-3-13(16)17-11-22-10-9-21-17;/h2,4-5,13,16-17,20-21H,1,3,6-11H2;1H. The highest BCUT2D eigenvalue weighted by molar-refractivity contribution is 6.35. The average Bonchev–Trinajstić information content (AvgIpc) is 2.99. The molecule has 6 heteroatoms. The lowest BCUT2D eigenvalue weighted by Crippen LogP contribution is -2.51. The lowest BCUT2D eigenvalue weighted by atomic mass is 9.94. The number of hydrogen-bond donors (Lipinski definition) is 2. The maximum atomic E-state index is 6.24. The molecular formula is C17H25Cl3N2O. The van der Waals surface area contributed by atoms with Crippen LogP contribution >= 0.6 is 35.6 Å². The molecule has 1 saturated carbocycles. The molecule has 1 heterocycles. The Morgan fingerprint density at radius 1 is 1.22 bits per heavy atom. The van der Waals surface area contributed by atoms with Crippen LogP contribution in [0.1, 0.15) is 24.8 Å². The Bertz CT molecular complexity index is 474. The molecule has 0 bridgehead atoms. The van der Waals surface area contributed by atoms with Crippen LogP contribution in [-0.4, -0.2) is 38.4 Å². The van der Waals surface area contributed by atoms with Crippen molar-refractivity contribution in [1.82, 2.24) is 10.6 Å². The fraction of sp³-hybridized carbons (Fsp3) is 0.647. The van der Waals surface area contributed by atoms with Crippen molar-refractivity contribution in [3.05, 3.63) is 33.8 Å². The number of halogens is 3. The van der Waals surface area contributed by atoms with Crippen LogP contribution in [0.25, 0.3) is 0 Å². The van der Waals surface area contributed by atoms with E-state index in [0.717, 1.165) is 48.3 Å². The summed E-state index contributed by atoms with van der Waals surface area (Å²) in [6, 6.07) is 6.77. The molecule has 0 radical (unpaired) electrons. The van der Waals surface area contributed by atoms with E-state index in [0.29, 0.717) is 18.0 Å². The largest absolute Gasteiger partial charge is 0.379 e. The summed E-state index contributed by atoms with van der Waals surface area (Å²) in [6.07, 6.45) is 4.70. The van der Waals surface area contributed by atoms with Gasteiger partial charge in [-0.25, -0.2) is 0 Å². The SMILES string of the molecule is Cl.Clc1cccc(Cl)c1CCNC1CCCC1C1COCCN1. The van der Waals surface area contributed by atoms with Gasteiger partial charge in [0.05, 0.1) is 13.2 Å². The van der Waals surface area contributed by atoms with Gasteiger partial charge in [0.1, 0.15) is 0 Å². The van der Waals surface area contributed by atoms with Gasteiger partial charge in [-0.2, -0.15) is 0 Å². The van der Waals surface area contributed by atoms with E-state index >= 15 is 0 Å². The molecule has 2 aliphatic rings. The topological polar surface area (TPSA) is 33.3 Å². The van der Waals surface area contributed by atoms with Crippen LogP contribution < -0.4 is 10.6 Å². The van der Waals surface area contributed by atoms with Crippen LogP contribution in [0.5, 0.6) is 0 Å². The highest BCUT2D eigenvalue weighted by Crippen LogP contribution is 2.30. The zero-order valence-electron chi connectivity index (χ0n) is 13.2. The number of morpholine rings is 1. The van der Waals surface area contributed by atoms with Crippen molar-refractivity contribution in [3.63, 3.8) is 0 Å². The van der Waals surface area contributed by atoms with Crippen molar-refractivity contribution in [2.75, 3.05) is 26.3 Å². The second kappa shape index (κ2) is 9.45. The van der Waals surface area contributed by atoms with Gasteiger partial charge < -0.3 is 15.4 Å². The highest BCUT2D eigenvalue weighted by Gasteiger charge is 2.34. The monoisotopic (exact) mass is 378 g/mol. The Labute approximate surface area is 154 Å². The van der Waals surface area contributed by atoms with Crippen LogP contribution in [0, 0.1) is 5.92 Å². The predicted molar refractivity (Wildman–Crippen MR) is 99.2 cm³/mol. The minimum atomic E-state index is 0. The molecule has 1 saturated heterocycles. The third kappa shape index (κ3) is 4.97. The molecule has 3 unspecified atom stereocenters. The first-order chi connectivity index (χ1) is 10.8. The lowest BCUT2D eigenvalue weighted by molar-refractivity contribution is 0.0526. The molecule has 0 amide bonds. The molecular weight excluding hydrogens is 355 g/mol. The molecule has 2 fully saturated rings. The van der Waals surface area contributed by atoms with E-state index in [1.807, 2.05) is 18.2 Å². The van der Waals surface area contributed by atoms with Crippen LogP contribution in [-0.2, 0) is 11.2 Å². The summed E-state index contributed by atoms with van der Waals surface area (Å²) in [7, 11) is 0. The average molecular weight is 380 g/mol. The van der Waals surface area contributed by atoms with Gasteiger partial charge in [-0.1, -0.05) is 35.7 Å². The molecule has 1 aromatic carbocycles. The first-order valence-corrected chi connectivity index (χ1v) is 8.98. The Balaban J connectivity index is 0.00000192. The minimum Gasteiger partial charge on any atom is -0.379 e. The summed E-state index contributed by atoms with van der Waals surface area (Å²) >= 11 is 12.5. The molecule has 1 aromatic rings. The van der Waals surface area contributed by atoms with Crippen molar-refractivity contribution in [3.8, 4) is 0 Å². The molecule has 3 rings (SSSR count). The van der Waals surface area contributed by atoms with Gasteiger partial charge in [-0.3, -0.25) is 0 Å². The van der Waals surface area contributed by atoms with Gasteiger partial charge in [-0.05, 0) is 49.4 Å². The van der Waals surface area contributed by atoms with Crippen molar-refractivity contribution < 1.29 is 4.74 Å². The molecule has 3 atom stereocenters. The third-order valence-corrected chi connectivity index (χ3v) is 5.59. The van der Waals surface area contributed by atoms with Gasteiger partial charge in [-0.15, -0.1) is 12.4 Å². The van der Waals surface area contributed by atoms with Gasteiger partial charge in [0.15, 0.2) is 0 Å². The number of nitrogens with one attached hydrogen (secondary N) is 2.